The number of phenols is 3. The summed E-state index contributed by atoms with van der Waals surface area (Å²) in [5.74, 6) is -1.32. The Morgan fingerprint density at radius 3 is 2.02 bits per heavy atom. The summed E-state index contributed by atoms with van der Waals surface area (Å²) in [6, 6.07) is 8.32. The van der Waals surface area contributed by atoms with E-state index in [-0.39, 0.29) is 34.3 Å². The molecule has 230 valence electrons. The van der Waals surface area contributed by atoms with Crippen molar-refractivity contribution < 1.29 is 69.6 Å². The Kier molecular flexibility index (Phi) is 8.80. The van der Waals surface area contributed by atoms with Crippen molar-refractivity contribution in [3.05, 3.63) is 53.3 Å². The summed E-state index contributed by atoms with van der Waals surface area (Å²) >= 11 is 0. The van der Waals surface area contributed by atoms with Crippen LogP contribution in [0, 0.1) is 5.92 Å². The molecule has 0 radical (unpaired) electrons. The van der Waals surface area contributed by atoms with Gasteiger partial charge in [0.1, 0.15) is 59.3 Å². The Morgan fingerprint density at radius 1 is 0.762 bits per heavy atom. The molecule has 11 atom stereocenters. The van der Waals surface area contributed by atoms with Crippen molar-refractivity contribution in [1.82, 2.24) is 0 Å². The van der Waals surface area contributed by atoms with Crippen LogP contribution >= 0.6 is 0 Å². The Bertz CT molecular complexity index is 1270. The molecule has 14 heteroatoms. The molecule has 0 bridgehead atoms. The number of ether oxygens (including phenoxy) is 5. The maximum Gasteiger partial charge on any atom is 0.229 e. The number of hydrogen-bond acceptors (Lipinski definition) is 14. The summed E-state index contributed by atoms with van der Waals surface area (Å²) in [6.45, 7) is 0.178. The van der Waals surface area contributed by atoms with Crippen LogP contribution < -0.4 is 4.74 Å². The lowest BCUT2D eigenvalue weighted by molar-refractivity contribution is -0.356. The van der Waals surface area contributed by atoms with Crippen molar-refractivity contribution in [2.45, 2.75) is 68.3 Å². The van der Waals surface area contributed by atoms with Crippen LogP contribution in [-0.4, -0.2) is 114 Å². The number of rotatable bonds is 7. The smallest absolute Gasteiger partial charge is 0.229 e. The number of aromatic hydroxyl groups is 3. The maximum atomic E-state index is 11.0. The van der Waals surface area contributed by atoms with Gasteiger partial charge in [-0.2, -0.15) is 0 Å². The number of aliphatic hydroxyl groups is 6. The van der Waals surface area contributed by atoms with Gasteiger partial charge >= 0.3 is 0 Å². The van der Waals surface area contributed by atoms with E-state index in [0.717, 1.165) is 6.07 Å². The molecule has 11 unspecified atom stereocenters. The Hall–Kier alpha value is -3.18. The summed E-state index contributed by atoms with van der Waals surface area (Å²) in [4.78, 5) is 0. The van der Waals surface area contributed by atoms with E-state index in [1.165, 1.54) is 31.2 Å². The number of hydrogen-bond donors (Lipinski definition) is 9. The van der Waals surface area contributed by atoms with Gasteiger partial charge in [-0.3, -0.25) is 0 Å². The molecule has 3 aliphatic rings. The van der Waals surface area contributed by atoms with Crippen LogP contribution in [0.1, 0.15) is 24.2 Å². The highest BCUT2D eigenvalue weighted by atomic mass is 16.8. The lowest BCUT2D eigenvalue weighted by Gasteiger charge is -2.46. The third-order valence-electron chi connectivity index (χ3n) is 7.65. The third kappa shape index (κ3) is 5.73. The van der Waals surface area contributed by atoms with E-state index >= 15 is 0 Å². The summed E-state index contributed by atoms with van der Waals surface area (Å²) < 4.78 is 29.6. The SMILES string of the molecule is CC1C(OC2C(OC3=Cc4c(O)cc(O)cc4OC3c3ccc(O)cc3)OC(CO)C(O)C2O)OC(CO)C(O)C1O. The zero-order valence-electron chi connectivity index (χ0n) is 22.4. The number of phenolic OH excluding ortho intramolecular Hbond substituents is 3. The first-order valence-electron chi connectivity index (χ1n) is 13.3. The molecule has 2 saturated heterocycles. The first kappa shape index (κ1) is 30.3. The largest absolute Gasteiger partial charge is 0.508 e. The van der Waals surface area contributed by atoms with E-state index in [2.05, 4.69) is 0 Å². The third-order valence-corrected chi connectivity index (χ3v) is 7.65. The molecule has 0 spiro atoms. The van der Waals surface area contributed by atoms with Crippen molar-refractivity contribution in [2.24, 2.45) is 5.92 Å². The molecule has 3 heterocycles. The molecule has 42 heavy (non-hydrogen) atoms. The summed E-state index contributed by atoms with van der Waals surface area (Å²) in [5.41, 5.74) is 0.629. The lowest BCUT2D eigenvalue weighted by Crippen LogP contribution is -2.63. The van der Waals surface area contributed by atoms with Crippen LogP contribution in [0.15, 0.2) is 42.2 Å². The molecule has 5 rings (SSSR count). The van der Waals surface area contributed by atoms with Gasteiger partial charge in [0.15, 0.2) is 18.5 Å². The molecule has 0 aliphatic carbocycles. The van der Waals surface area contributed by atoms with E-state index in [1.807, 2.05) is 0 Å². The predicted octanol–water partition coefficient (Wildman–Crippen LogP) is -0.806. The van der Waals surface area contributed by atoms with Crippen LogP contribution in [0.25, 0.3) is 6.08 Å². The summed E-state index contributed by atoms with van der Waals surface area (Å²) in [6.07, 6.45) is -12.6. The molecule has 2 aromatic carbocycles. The van der Waals surface area contributed by atoms with Gasteiger partial charge in [-0.15, -0.1) is 0 Å². The minimum Gasteiger partial charge on any atom is -0.508 e. The zero-order valence-corrected chi connectivity index (χ0v) is 22.4. The fraction of sp³-hybridized carbons (Fsp3) is 0.500. The molecule has 0 amide bonds. The predicted molar refractivity (Wildman–Crippen MR) is 140 cm³/mol. The molecular weight excluding hydrogens is 560 g/mol. The molecule has 14 nitrogen and oxygen atoms in total. The van der Waals surface area contributed by atoms with Gasteiger partial charge in [-0.05, 0) is 18.2 Å². The normalized spacial score (nSPS) is 36.5. The second-order valence-corrected chi connectivity index (χ2v) is 10.5. The molecule has 9 N–H and O–H groups in total. The first-order valence-corrected chi connectivity index (χ1v) is 13.3. The lowest BCUT2D eigenvalue weighted by atomic mass is 9.92. The topological polar surface area (TPSA) is 228 Å². The van der Waals surface area contributed by atoms with E-state index in [9.17, 15) is 46.0 Å². The molecular formula is C28H34O14. The van der Waals surface area contributed by atoms with Crippen molar-refractivity contribution in [1.29, 1.82) is 0 Å². The van der Waals surface area contributed by atoms with Crippen LogP contribution in [-0.2, 0) is 18.9 Å². The van der Waals surface area contributed by atoms with Crippen LogP contribution in [0.4, 0.5) is 0 Å². The fourth-order valence-corrected chi connectivity index (χ4v) is 5.18. The number of benzene rings is 2. The first-order chi connectivity index (χ1) is 20.0. The second kappa shape index (κ2) is 12.2. The van der Waals surface area contributed by atoms with Crippen molar-refractivity contribution in [2.75, 3.05) is 13.2 Å². The Morgan fingerprint density at radius 2 is 1.38 bits per heavy atom. The average molecular weight is 595 g/mol. The highest BCUT2D eigenvalue weighted by Gasteiger charge is 2.51. The second-order valence-electron chi connectivity index (χ2n) is 10.5. The Labute approximate surface area is 239 Å². The van der Waals surface area contributed by atoms with Gasteiger partial charge in [0.05, 0.1) is 24.9 Å². The van der Waals surface area contributed by atoms with Crippen LogP contribution in [0.5, 0.6) is 23.0 Å². The summed E-state index contributed by atoms with van der Waals surface area (Å²) in [7, 11) is 0. The van der Waals surface area contributed by atoms with Gasteiger partial charge in [0.25, 0.3) is 0 Å². The summed E-state index contributed by atoms with van der Waals surface area (Å²) in [5, 5.41) is 92.0. The van der Waals surface area contributed by atoms with E-state index in [0.29, 0.717) is 5.56 Å². The molecule has 2 fully saturated rings. The standard InChI is InChI=1S/C28H34O14/c1-11-21(34)22(35)19(9-29)40-27(11)42-26-24(37)23(36)20(10-30)41-28(26)39-18-8-15-16(33)6-14(32)7-17(15)38-25(18)12-2-4-13(31)5-3-12/h2-8,11,19-37H,9-10H2,1H3. The quantitative estimate of drug-likeness (QED) is 0.191. The molecule has 2 aromatic rings. The monoisotopic (exact) mass is 594 g/mol. The average Bonchev–Trinajstić information content (AvgIpc) is 2.97. The van der Waals surface area contributed by atoms with Crippen molar-refractivity contribution in [3.63, 3.8) is 0 Å². The maximum absolute atomic E-state index is 11.0. The highest BCUT2D eigenvalue weighted by Crippen LogP contribution is 2.45. The zero-order chi connectivity index (χ0) is 30.3. The minimum atomic E-state index is -1.71. The minimum absolute atomic E-state index is 0.0150. The fourth-order valence-electron chi connectivity index (χ4n) is 5.18. The molecule has 0 saturated carbocycles. The van der Waals surface area contributed by atoms with Gasteiger partial charge in [-0.25, -0.2) is 0 Å². The van der Waals surface area contributed by atoms with Crippen molar-refractivity contribution in [3.8, 4) is 23.0 Å². The highest BCUT2D eigenvalue weighted by molar-refractivity contribution is 5.69. The van der Waals surface area contributed by atoms with Crippen LogP contribution in [0.2, 0.25) is 0 Å². The van der Waals surface area contributed by atoms with Gasteiger partial charge in [0, 0.05) is 23.6 Å². The van der Waals surface area contributed by atoms with Crippen molar-refractivity contribution >= 4 is 6.08 Å². The van der Waals surface area contributed by atoms with Crippen LogP contribution in [0.3, 0.4) is 0 Å². The van der Waals surface area contributed by atoms with Gasteiger partial charge in [0.2, 0.25) is 6.29 Å². The van der Waals surface area contributed by atoms with E-state index in [4.69, 9.17) is 23.7 Å². The number of aliphatic hydroxyl groups excluding tert-OH is 6. The molecule has 3 aliphatic heterocycles. The van der Waals surface area contributed by atoms with E-state index < -0.39 is 80.5 Å². The van der Waals surface area contributed by atoms with E-state index in [1.54, 1.807) is 12.1 Å². The molecule has 0 aromatic heterocycles. The van der Waals surface area contributed by atoms with Gasteiger partial charge < -0.3 is 69.6 Å². The van der Waals surface area contributed by atoms with Gasteiger partial charge in [-0.1, -0.05) is 19.1 Å². The number of fused-ring (bicyclic) bond motifs is 1. The Balaban J connectivity index is 1.50.